The van der Waals surface area contributed by atoms with Gasteiger partial charge in [0.25, 0.3) is 0 Å². The molecule has 10 heteroatoms. The first kappa shape index (κ1) is 41.5. The van der Waals surface area contributed by atoms with Crippen molar-refractivity contribution in [2.75, 3.05) is 12.5 Å². The molecule has 48 heavy (non-hydrogen) atoms. The third-order valence-corrected chi connectivity index (χ3v) is 27.3. The van der Waals surface area contributed by atoms with E-state index in [9.17, 15) is 0 Å². The second-order valence-electron chi connectivity index (χ2n) is 18.2. The highest BCUT2D eigenvalue weighted by atomic mass is 31.2. The van der Waals surface area contributed by atoms with Crippen LogP contribution in [0, 0.1) is 0 Å². The average molecular weight is 747 g/mol. The maximum Gasteiger partial charge on any atom is 0.211 e. The van der Waals surface area contributed by atoms with Gasteiger partial charge in [0.05, 0.1) is 24.7 Å². The number of rotatable bonds is 13. The van der Waals surface area contributed by atoms with Crippen LogP contribution >= 0.6 is 7.14 Å². The van der Waals surface area contributed by atoms with Gasteiger partial charge >= 0.3 is 0 Å². The quantitative estimate of drug-likeness (QED) is 0.151. The minimum Gasteiger partial charge on any atom is -0.417 e. The highest BCUT2D eigenvalue weighted by molar-refractivity contribution is 7.82. The molecule has 0 N–H and O–H groups in total. The Labute approximate surface area is 298 Å². The first-order chi connectivity index (χ1) is 21.8. The topological polar surface area (TPSA) is 54.0 Å². The molecule has 0 aliphatic heterocycles. The molecular weight excluding hydrogens is 680 g/mol. The predicted octanol–water partition coefficient (Wildman–Crippen LogP) is 10.8. The van der Waals surface area contributed by atoms with Crippen LogP contribution in [0.15, 0.2) is 71.6 Å². The second kappa shape index (κ2) is 15.4. The Kier molecular flexibility index (Phi) is 13.3. The molecule has 0 heterocycles. The van der Waals surface area contributed by atoms with Crippen LogP contribution in [-0.4, -0.2) is 57.9 Å². The minimum absolute atomic E-state index is 0.0236. The fourth-order valence-corrected chi connectivity index (χ4v) is 17.4. The summed E-state index contributed by atoms with van der Waals surface area (Å²) in [6.07, 6.45) is 3.65. The fraction of sp³-hybridized carbons (Fsp3) is 0.632. The van der Waals surface area contributed by atoms with Gasteiger partial charge in [-0.15, -0.1) is 0 Å². The summed E-state index contributed by atoms with van der Waals surface area (Å²) in [6.45, 7) is 34.2. The summed E-state index contributed by atoms with van der Waals surface area (Å²) < 4.78 is 43.1. The molecule has 1 aliphatic rings. The van der Waals surface area contributed by atoms with Crippen molar-refractivity contribution in [1.82, 2.24) is 0 Å². The molecule has 2 aromatic rings. The van der Waals surface area contributed by atoms with Gasteiger partial charge in [0.15, 0.2) is 23.8 Å². The molecule has 5 nitrogen and oxygen atoms in total. The molecule has 0 bridgehead atoms. The van der Waals surface area contributed by atoms with Crippen LogP contribution < -0.4 is 10.6 Å². The molecular formula is C38H67O5PSi4. The molecule has 2 aromatic carbocycles. The molecule has 0 radical (unpaired) electrons. The van der Waals surface area contributed by atoms with Gasteiger partial charge < -0.3 is 22.3 Å². The Hall–Kier alpha value is -0.882. The van der Waals surface area contributed by atoms with Gasteiger partial charge in [0.1, 0.15) is 0 Å². The van der Waals surface area contributed by atoms with Crippen molar-refractivity contribution < 1.29 is 22.3 Å². The molecule has 270 valence electrons. The number of hydrogen-bond acceptors (Lipinski definition) is 5. The largest absolute Gasteiger partial charge is 0.417 e. The van der Waals surface area contributed by atoms with E-state index in [2.05, 4.69) is 101 Å². The SMILES string of the molecule is CC(=C1CC(O[Si](C)(C)CO[Si](C)(C)C(C)(C)C)CC(O[Si](C)(C)CO[Si](C)(C)C(C)(C)C)C1)P(=O)(c1ccccc1)c1ccccc1. The zero-order valence-corrected chi connectivity index (χ0v) is 37.8. The van der Waals surface area contributed by atoms with E-state index in [4.69, 9.17) is 17.7 Å². The van der Waals surface area contributed by atoms with Crippen molar-refractivity contribution in [3.8, 4) is 0 Å². The van der Waals surface area contributed by atoms with Gasteiger partial charge in [-0.3, -0.25) is 0 Å². The van der Waals surface area contributed by atoms with E-state index in [1.54, 1.807) is 0 Å². The zero-order valence-electron chi connectivity index (χ0n) is 33.0. The molecule has 1 fully saturated rings. The van der Waals surface area contributed by atoms with E-state index in [-0.39, 0.29) is 22.3 Å². The number of benzene rings is 2. The van der Waals surface area contributed by atoms with E-state index in [0.717, 1.165) is 35.2 Å². The first-order valence-corrected chi connectivity index (χ1v) is 31.6. The average Bonchev–Trinajstić information content (AvgIpc) is 2.97. The monoisotopic (exact) mass is 746 g/mol. The summed E-state index contributed by atoms with van der Waals surface area (Å²) in [5.41, 5.74) is 1.21. The van der Waals surface area contributed by atoms with Crippen molar-refractivity contribution in [3.05, 3.63) is 71.6 Å². The van der Waals surface area contributed by atoms with Crippen LogP contribution in [0.4, 0.5) is 0 Å². The molecule has 1 saturated carbocycles. The van der Waals surface area contributed by atoms with E-state index in [1.165, 1.54) is 5.57 Å². The van der Waals surface area contributed by atoms with Gasteiger partial charge in [0.2, 0.25) is 16.6 Å². The van der Waals surface area contributed by atoms with Crippen LogP contribution in [0.3, 0.4) is 0 Å². The number of hydrogen-bond donors (Lipinski definition) is 0. The summed E-state index contributed by atoms with van der Waals surface area (Å²) in [5.74, 6) is 0. The standard InChI is InChI=1S/C38H67O5PSi4/c1-31(44(39,35-22-18-16-19-23-35)36-24-20-17-21-25-36)32-26-33(42-45(8,9)29-40-47(12,13)37(2,3)4)28-34(27-32)43-46(10,11)30-41-48(14,15)38(5,6)7/h16-25,33-34H,26-30H2,1-15H3. The van der Waals surface area contributed by atoms with E-state index < -0.39 is 40.4 Å². The molecule has 0 spiro atoms. The summed E-state index contributed by atoms with van der Waals surface area (Å²) in [4.78, 5) is 0. The third kappa shape index (κ3) is 10.6. The van der Waals surface area contributed by atoms with Crippen molar-refractivity contribution in [2.24, 2.45) is 0 Å². The zero-order chi connectivity index (χ0) is 36.4. The summed E-state index contributed by atoms with van der Waals surface area (Å²) in [7, 11) is -11.3. The van der Waals surface area contributed by atoms with Crippen LogP contribution in [0.5, 0.6) is 0 Å². The summed E-state index contributed by atoms with van der Waals surface area (Å²) in [6, 6.07) is 20.0. The van der Waals surface area contributed by atoms with Gasteiger partial charge in [-0.05, 0) is 94.0 Å². The molecule has 2 atom stereocenters. The highest BCUT2D eigenvalue weighted by Crippen LogP contribution is 2.55. The highest BCUT2D eigenvalue weighted by Gasteiger charge is 2.43. The van der Waals surface area contributed by atoms with E-state index >= 15 is 4.57 Å². The lowest BCUT2D eigenvalue weighted by Gasteiger charge is -2.42. The van der Waals surface area contributed by atoms with Crippen molar-refractivity contribution in [1.29, 1.82) is 0 Å². The van der Waals surface area contributed by atoms with E-state index in [1.807, 2.05) is 60.7 Å². The van der Waals surface area contributed by atoms with Gasteiger partial charge in [-0.25, -0.2) is 0 Å². The lowest BCUT2D eigenvalue weighted by Crippen LogP contribution is -2.51. The fourth-order valence-electron chi connectivity index (χ4n) is 5.71. The Morgan fingerprint density at radius 1 is 0.646 bits per heavy atom. The van der Waals surface area contributed by atoms with E-state index in [0.29, 0.717) is 12.5 Å². The normalized spacial score (nSPS) is 19.0. The molecule has 0 saturated heterocycles. The molecule has 1 aliphatic carbocycles. The minimum atomic E-state index is -3.09. The Morgan fingerprint density at radius 2 is 0.979 bits per heavy atom. The van der Waals surface area contributed by atoms with Crippen molar-refractivity contribution >= 4 is 51.0 Å². The van der Waals surface area contributed by atoms with Crippen LogP contribution in [0.25, 0.3) is 0 Å². The predicted molar refractivity (Wildman–Crippen MR) is 217 cm³/mol. The summed E-state index contributed by atoms with van der Waals surface area (Å²) in [5, 5.41) is 3.00. The summed E-state index contributed by atoms with van der Waals surface area (Å²) >= 11 is 0. The number of allylic oxidation sites excluding steroid dienone is 1. The lowest BCUT2D eigenvalue weighted by atomic mass is 9.90. The van der Waals surface area contributed by atoms with Gasteiger partial charge in [-0.2, -0.15) is 0 Å². The molecule has 3 rings (SSSR count). The molecule has 2 unspecified atom stereocenters. The maximum absolute atomic E-state index is 15.5. The third-order valence-electron chi connectivity index (χ3n) is 10.8. The van der Waals surface area contributed by atoms with Crippen LogP contribution in [0.1, 0.15) is 67.7 Å². The lowest BCUT2D eigenvalue weighted by molar-refractivity contribution is 0.0723. The Morgan fingerprint density at radius 3 is 1.29 bits per heavy atom. The van der Waals surface area contributed by atoms with Crippen LogP contribution in [-0.2, 0) is 22.3 Å². The van der Waals surface area contributed by atoms with Crippen molar-refractivity contribution in [3.63, 3.8) is 0 Å². The maximum atomic E-state index is 15.5. The first-order valence-electron chi connectivity index (χ1n) is 17.8. The smallest absolute Gasteiger partial charge is 0.211 e. The second-order valence-corrected chi connectivity index (χ2v) is 38.8. The Bertz CT molecular complexity index is 1330. The Balaban J connectivity index is 2.01. The van der Waals surface area contributed by atoms with Gasteiger partial charge in [-0.1, -0.05) is 108 Å². The molecule has 0 amide bonds. The van der Waals surface area contributed by atoms with Crippen molar-refractivity contribution in [2.45, 2.75) is 142 Å². The van der Waals surface area contributed by atoms with Gasteiger partial charge in [0, 0.05) is 10.6 Å². The van der Waals surface area contributed by atoms with Crippen LogP contribution in [0.2, 0.25) is 62.5 Å². The molecule has 0 aromatic heterocycles.